The first-order valence-electron chi connectivity index (χ1n) is 4.77. The molecule has 0 aromatic carbocycles. The number of sulfonamides is 1. The van der Waals surface area contributed by atoms with Crippen molar-refractivity contribution in [3.63, 3.8) is 0 Å². The highest BCUT2D eigenvalue weighted by atomic mass is 35.5. The average molecular weight is 299 g/mol. The Morgan fingerprint density at radius 2 is 2.18 bits per heavy atom. The Labute approximate surface area is 110 Å². The summed E-state index contributed by atoms with van der Waals surface area (Å²) in [7, 11) is -2.04. The monoisotopic (exact) mass is 298 g/mol. The normalized spacial score (nSPS) is 11.7. The molecule has 1 rings (SSSR count). The zero-order valence-corrected chi connectivity index (χ0v) is 11.4. The molecule has 0 saturated heterocycles. The molecule has 0 spiro atoms. The predicted octanol–water partition coefficient (Wildman–Crippen LogP) is 1.70. The first-order valence-corrected chi connectivity index (χ1v) is 7.01. The molecule has 17 heavy (non-hydrogen) atoms. The van der Waals surface area contributed by atoms with Crippen LogP contribution in [0.1, 0.15) is 6.42 Å². The molecular weight excluding hydrogens is 287 g/mol. The van der Waals surface area contributed by atoms with Gasteiger partial charge in [-0.2, -0.15) is 0 Å². The number of ether oxygens (including phenoxy) is 1. The predicted molar refractivity (Wildman–Crippen MR) is 65.9 cm³/mol. The summed E-state index contributed by atoms with van der Waals surface area (Å²) in [5, 5.41) is 0.177. The summed E-state index contributed by atoms with van der Waals surface area (Å²) in [5.74, 6) is 0. The number of hydrogen-bond donors (Lipinski definition) is 1. The van der Waals surface area contributed by atoms with Crippen LogP contribution in [0.3, 0.4) is 0 Å². The van der Waals surface area contributed by atoms with Crippen molar-refractivity contribution in [1.82, 2.24) is 9.71 Å². The maximum absolute atomic E-state index is 11.8. The molecule has 0 aliphatic rings. The molecule has 0 aliphatic heterocycles. The Bertz CT molecular complexity index is 479. The fourth-order valence-electron chi connectivity index (χ4n) is 1.06. The molecule has 1 heterocycles. The number of aromatic nitrogens is 1. The van der Waals surface area contributed by atoms with Crippen molar-refractivity contribution < 1.29 is 13.2 Å². The lowest BCUT2D eigenvalue weighted by Crippen LogP contribution is -2.25. The van der Waals surface area contributed by atoms with Gasteiger partial charge in [-0.1, -0.05) is 23.2 Å². The molecule has 0 fully saturated rings. The lowest BCUT2D eigenvalue weighted by Gasteiger charge is -2.06. The fraction of sp³-hybridized carbons (Fsp3) is 0.444. The SMILES string of the molecule is COCCCNS(=O)(=O)c1cnc(Cl)c(Cl)c1. The standard InChI is InChI=1S/C9H12Cl2N2O3S/c1-16-4-2-3-13-17(14,15)7-5-8(10)9(11)12-6-7/h5-6,13H,2-4H2,1H3. The molecule has 0 bridgehead atoms. The number of hydrogen-bond acceptors (Lipinski definition) is 4. The van der Waals surface area contributed by atoms with E-state index >= 15 is 0 Å². The smallest absolute Gasteiger partial charge is 0.242 e. The molecular formula is C9H12Cl2N2O3S. The molecule has 0 saturated carbocycles. The Morgan fingerprint density at radius 3 is 2.76 bits per heavy atom. The van der Waals surface area contributed by atoms with E-state index in [0.717, 1.165) is 6.20 Å². The Balaban J connectivity index is 2.72. The second-order valence-electron chi connectivity index (χ2n) is 3.19. The van der Waals surface area contributed by atoms with Gasteiger partial charge in [0.1, 0.15) is 10.0 Å². The first kappa shape index (κ1) is 14.7. The zero-order chi connectivity index (χ0) is 12.9. The highest BCUT2D eigenvalue weighted by molar-refractivity contribution is 7.89. The summed E-state index contributed by atoms with van der Waals surface area (Å²) in [4.78, 5) is 3.67. The van der Waals surface area contributed by atoms with Crippen molar-refractivity contribution in [3.8, 4) is 0 Å². The maximum atomic E-state index is 11.8. The van der Waals surface area contributed by atoms with Crippen LogP contribution in [0.25, 0.3) is 0 Å². The van der Waals surface area contributed by atoms with Gasteiger partial charge in [0, 0.05) is 26.5 Å². The first-order chi connectivity index (χ1) is 7.97. The molecule has 0 atom stereocenters. The van der Waals surface area contributed by atoms with E-state index < -0.39 is 10.0 Å². The number of nitrogens with zero attached hydrogens (tertiary/aromatic N) is 1. The van der Waals surface area contributed by atoms with Gasteiger partial charge < -0.3 is 4.74 Å². The van der Waals surface area contributed by atoms with Crippen molar-refractivity contribution >= 4 is 33.2 Å². The third-order valence-electron chi connectivity index (χ3n) is 1.90. The molecule has 0 radical (unpaired) electrons. The summed E-state index contributed by atoms with van der Waals surface area (Å²) in [6.45, 7) is 0.776. The summed E-state index contributed by atoms with van der Waals surface area (Å²) in [5.41, 5.74) is 0. The largest absolute Gasteiger partial charge is 0.385 e. The number of pyridine rings is 1. The van der Waals surface area contributed by atoms with Crippen molar-refractivity contribution in [2.24, 2.45) is 0 Å². The van der Waals surface area contributed by atoms with Gasteiger partial charge in [0.25, 0.3) is 0 Å². The summed E-state index contributed by atoms with van der Waals surface area (Å²) in [6, 6.07) is 1.26. The van der Waals surface area contributed by atoms with Gasteiger partial charge in [-0.05, 0) is 12.5 Å². The van der Waals surface area contributed by atoms with E-state index in [0.29, 0.717) is 13.0 Å². The summed E-state index contributed by atoms with van der Waals surface area (Å²) < 4.78 is 30.7. The van der Waals surface area contributed by atoms with Crippen LogP contribution in [0.4, 0.5) is 0 Å². The van der Waals surface area contributed by atoms with Gasteiger partial charge >= 0.3 is 0 Å². The van der Waals surface area contributed by atoms with Crippen molar-refractivity contribution in [1.29, 1.82) is 0 Å². The van der Waals surface area contributed by atoms with E-state index in [1.54, 1.807) is 7.11 Å². The second kappa shape index (κ2) is 6.51. The second-order valence-corrected chi connectivity index (χ2v) is 5.72. The number of nitrogens with one attached hydrogen (secondary N) is 1. The van der Waals surface area contributed by atoms with E-state index in [1.807, 2.05) is 0 Å². The minimum Gasteiger partial charge on any atom is -0.385 e. The van der Waals surface area contributed by atoms with Gasteiger partial charge in [0.15, 0.2) is 0 Å². The Morgan fingerprint density at radius 1 is 1.47 bits per heavy atom. The quantitative estimate of drug-likeness (QED) is 0.641. The lowest BCUT2D eigenvalue weighted by molar-refractivity contribution is 0.196. The molecule has 8 heteroatoms. The molecule has 0 aliphatic carbocycles. The summed E-state index contributed by atoms with van der Waals surface area (Å²) >= 11 is 11.3. The number of halogens is 2. The molecule has 1 aromatic rings. The van der Waals surface area contributed by atoms with Crippen LogP contribution in [0.5, 0.6) is 0 Å². The van der Waals surface area contributed by atoms with Gasteiger partial charge in [-0.15, -0.1) is 0 Å². The van der Waals surface area contributed by atoms with Gasteiger partial charge in [0.05, 0.1) is 5.02 Å². The van der Waals surface area contributed by atoms with Gasteiger partial charge in [0.2, 0.25) is 10.0 Å². The molecule has 0 amide bonds. The van der Waals surface area contributed by atoms with Crippen LogP contribution in [-0.2, 0) is 14.8 Å². The fourth-order valence-corrected chi connectivity index (χ4v) is 2.44. The van der Waals surface area contributed by atoms with E-state index in [9.17, 15) is 8.42 Å². The van der Waals surface area contributed by atoms with Crippen LogP contribution in [0, 0.1) is 0 Å². The average Bonchev–Trinajstić information content (AvgIpc) is 2.28. The van der Waals surface area contributed by atoms with Crippen LogP contribution in [0.15, 0.2) is 17.2 Å². The van der Waals surface area contributed by atoms with E-state index in [-0.39, 0.29) is 21.6 Å². The third kappa shape index (κ3) is 4.40. The Kier molecular flexibility index (Phi) is 5.61. The minimum atomic E-state index is -3.59. The van der Waals surface area contributed by atoms with Crippen LogP contribution >= 0.6 is 23.2 Å². The lowest BCUT2D eigenvalue weighted by atomic mass is 10.5. The zero-order valence-electron chi connectivity index (χ0n) is 9.11. The Hall–Kier alpha value is -0.400. The van der Waals surface area contributed by atoms with Crippen molar-refractivity contribution in [2.45, 2.75) is 11.3 Å². The highest BCUT2D eigenvalue weighted by Gasteiger charge is 2.15. The number of rotatable bonds is 6. The van der Waals surface area contributed by atoms with Gasteiger partial charge in [-0.25, -0.2) is 18.1 Å². The third-order valence-corrected chi connectivity index (χ3v) is 4.01. The topological polar surface area (TPSA) is 68.3 Å². The molecule has 5 nitrogen and oxygen atoms in total. The van der Waals surface area contributed by atoms with Crippen LogP contribution in [-0.4, -0.2) is 33.7 Å². The molecule has 0 unspecified atom stereocenters. The number of methoxy groups -OCH3 is 1. The minimum absolute atomic E-state index is 0.00989. The highest BCUT2D eigenvalue weighted by Crippen LogP contribution is 2.21. The molecule has 1 aromatic heterocycles. The van der Waals surface area contributed by atoms with E-state index in [1.165, 1.54) is 6.07 Å². The van der Waals surface area contributed by atoms with Crippen LogP contribution in [0.2, 0.25) is 10.2 Å². The maximum Gasteiger partial charge on any atom is 0.242 e. The molecule has 96 valence electrons. The van der Waals surface area contributed by atoms with Gasteiger partial charge in [-0.3, -0.25) is 0 Å². The van der Waals surface area contributed by atoms with E-state index in [2.05, 4.69) is 9.71 Å². The van der Waals surface area contributed by atoms with Crippen molar-refractivity contribution in [2.75, 3.05) is 20.3 Å². The van der Waals surface area contributed by atoms with E-state index in [4.69, 9.17) is 27.9 Å². The van der Waals surface area contributed by atoms with Crippen molar-refractivity contribution in [3.05, 3.63) is 22.4 Å². The summed E-state index contributed by atoms with van der Waals surface area (Å²) in [6.07, 6.45) is 1.75. The van der Waals surface area contributed by atoms with Crippen LogP contribution < -0.4 is 4.72 Å². The molecule has 1 N–H and O–H groups in total.